The molecule has 0 atom stereocenters. The lowest BCUT2D eigenvalue weighted by atomic mass is 9.97. The number of nitrogens with zero attached hydrogens (tertiary/aromatic N) is 1. The Balaban J connectivity index is 0.00000961. The van der Waals surface area contributed by atoms with Crippen LogP contribution in [0.2, 0.25) is 0 Å². The highest BCUT2D eigenvalue weighted by atomic mass is 35.5. The molecule has 4 nitrogen and oxygen atoms in total. The minimum Gasteiger partial charge on any atom is -0.507 e. The third-order valence-electron chi connectivity index (χ3n) is 5.84. The summed E-state index contributed by atoms with van der Waals surface area (Å²) in [5.74, 6) is 0.731. The van der Waals surface area contributed by atoms with Crippen molar-refractivity contribution in [3.05, 3.63) is 29.3 Å². The Kier molecular flexibility index (Phi) is 18.3. The van der Waals surface area contributed by atoms with Gasteiger partial charge in [-0.3, -0.25) is 0 Å². The number of halogens is 1. The normalized spacial score (nSPS) is 11.3. The van der Waals surface area contributed by atoms with Gasteiger partial charge in [-0.25, -0.2) is 0 Å². The second kappa shape index (κ2) is 19.1. The number of allylic oxidation sites excluding steroid dienone is 2. The summed E-state index contributed by atoms with van der Waals surface area (Å²) in [5, 5.41) is 20.9. The fourth-order valence-corrected chi connectivity index (χ4v) is 4.02. The number of unbranched alkanes of at least 4 members (excludes halogenated alkanes) is 11. The van der Waals surface area contributed by atoms with Gasteiger partial charge in [0.1, 0.15) is 5.75 Å². The van der Waals surface area contributed by atoms with E-state index in [1.54, 1.807) is 0 Å². The zero-order chi connectivity index (χ0) is 22.9. The molecule has 2 N–H and O–H groups in total. The van der Waals surface area contributed by atoms with Crippen LogP contribution >= 0.6 is 12.4 Å². The Bertz CT molecular complexity index is 632. The molecule has 0 spiro atoms. The summed E-state index contributed by atoms with van der Waals surface area (Å²) >= 11 is 0. The molecule has 0 saturated heterocycles. The fraction of sp³-hybridized carbons (Fsp3) is 0.704. The van der Waals surface area contributed by atoms with Gasteiger partial charge in [-0.05, 0) is 52.6 Å². The molecule has 1 aromatic rings. The van der Waals surface area contributed by atoms with Crippen LogP contribution < -0.4 is 4.74 Å². The minimum atomic E-state index is 0. The van der Waals surface area contributed by atoms with E-state index in [0.717, 1.165) is 30.4 Å². The van der Waals surface area contributed by atoms with Crippen molar-refractivity contribution in [2.45, 2.75) is 103 Å². The Morgan fingerprint density at radius 2 is 1.34 bits per heavy atom. The highest BCUT2D eigenvalue weighted by molar-refractivity contribution is 5.85. The molecule has 0 fully saturated rings. The molecule has 5 heteroatoms. The number of ether oxygens (including phenoxy) is 1. The largest absolute Gasteiger partial charge is 0.507 e. The van der Waals surface area contributed by atoms with Crippen LogP contribution in [-0.2, 0) is 13.0 Å². The van der Waals surface area contributed by atoms with Gasteiger partial charge in [0, 0.05) is 23.7 Å². The van der Waals surface area contributed by atoms with E-state index in [1.807, 2.05) is 19.0 Å². The van der Waals surface area contributed by atoms with Crippen molar-refractivity contribution in [1.29, 1.82) is 0 Å². The highest BCUT2D eigenvalue weighted by Crippen LogP contribution is 2.39. The van der Waals surface area contributed by atoms with E-state index < -0.39 is 0 Å². The first-order valence-corrected chi connectivity index (χ1v) is 12.4. The van der Waals surface area contributed by atoms with E-state index in [0.29, 0.717) is 12.3 Å². The standard InChI is InChI=1S/C27H47NO3.ClH/c1-5-6-7-8-9-10-11-12-13-14-15-16-17-18-19-20-23-24(22-28(2)3)25(29)21-26(31-4)27(23)30;/h10-11,21,29-30H,5-9,12-20,22H2,1-4H3;1H/b11-10+;. The number of aromatic hydroxyl groups is 2. The van der Waals surface area contributed by atoms with E-state index in [9.17, 15) is 10.2 Å². The maximum Gasteiger partial charge on any atom is 0.164 e. The first-order chi connectivity index (χ1) is 15.0. The first-order valence-electron chi connectivity index (χ1n) is 12.4. The molecule has 32 heavy (non-hydrogen) atoms. The third-order valence-corrected chi connectivity index (χ3v) is 5.84. The van der Waals surface area contributed by atoms with Crippen LogP contribution in [0.5, 0.6) is 17.2 Å². The number of phenols is 2. The fourth-order valence-electron chi connectivity index (χ4n) is 4.02. The van der Waals surface area contributed by atoms with Crippen LogP contribution in [0.1, 0.15) is 102 Å². The van der Waals surface area contributed by atoms with Gasteiger partial charge in [-0.2, -0.15) is 0 Å². The average molecular weight is 470 g/mol. The van der Waals surface area contributed by atoms with E-state index in [-0.39, 0.29) is 23.9 Å². The van der Waals surface area contributed by atoms with Gasteiger partial charge in [0.05, 0.1) is 7.11 Å². The number of rotatable bonds is 18. The van der Waals surface area contributed by atoms with E-state index in [2.05, 4.69) is 19.1 Å². The molecule has 0 aliphatic rings. The van der Waals surface area contributed by atoms with Crippen molar-refractivity contribution < 1.29 is 14.9 Å². The number of methoxy groups -OCH3 is 1. The van der Waals surface area contributed by atoms with Crippen molar-refractivity contribution in [3.8, 4) is 17.2 Å². The number of phenolic OH excluding ortho intramolecular Hbond substituents is 2. The Hall–Kier alpha value is -1.39. The lowest BCUT2D eigenvalue weighted by Crippen LogP contribution is -2.13. The second-order valence-corrected chi connectivity index (χ2v) is 8.98. The molecule has 0 aliphatic carbocycles. The van der Waals surface area contributed by atoms with Crippen LogP contribution in [0.3, 0.4) is 0 Å². The maximum atomic E-state index is 10.6. The summed E-state index contributed by atoms with van der Waals surface area (Å²) in [6.45, 7) is 2.86. The quantitative estimate of drug-likeness (QED) is 0.131. The van der Waals surface area contributed by atoms with Crippen LogP contribution in [0, 0.1) is 0 Å². The Labute approximate surface area is 203 Å². The third kappa shape index (κ3) is 12.6. The zero-order valence-electron chi connectivity index (χ0n) is 21.0. The van der Waals surface area contributed by atoms with Gasteiger partial charge in [-0.1, -0.05) is 70.4 Å². The Morgan fingerprint density at radius 1 is 0.812 bits per heavy atom. The molecule has 0 amide bonds. The molecule has 1 rings (SSSR count). The molecular formula is C27H48ClNO3. The van der Waals surface area contributed by atoms with Crippen molar-refractivity contribution in [3.63, 3.8) is 0 Å². The summed E-state index contributed by atoms with van der Waals surface area (Å²) in [7, 11) is 5.45. The number of benzene rings is 1. The summed E-state index contributed by atoms with van der Waals surface area (Å²) < 4.78 is 5.23. The van der Waals surface area contributed by atoms with Crippen molar-refractivity contribution in [2.75, 3.05) is 21.2 Å². The molecule has 0 bridgehead atoms. The lowest BCUT2D eigenvalue weighted by Gasteiger charge is -2.19. The molecular weight excluding hydrogens is 422 g/mol. The molecule has 0 heterocycles. The van der Waals surface area contributed by atoms with Crippen molar-refractivity contribution in [2.24, 2.45) is 0 Å². The van der Waals surface area contributed by atoms with Crippen LogP contribution in [0.25, 0.3) is 0 Å². The summed E-state index contributed by atoms with van der Waals surface area (Å²) in [6, 6.07) is 1.51. The summed E-state index contributed by atoms with van der Waals surface area (Å²) in [6.07, 6.45) is 22.0. The lowest BCUT2D eigenvalue weighted by molar-refractivity contribution is 0.353. The van der Waals surface area contributed by atoms with Gasteiger partial charge in [-0.15, -0.1) is 12.4 Å². The van der Waals surface area contributed by atoms with Gasteiger partial charge < -0.3 is 19.8 Å². The van der Waals surface area contributed by atoms with Gasteiger partial charge >= 0.3 is 0 Å². The molecule has 0 radical (unpaired) electrons. The molecule has 0 aliphatic heterocycles. The summed E-state index contributed by atoms with van der Waals surface area (Å²) in [4.78, 5) is 2.01. The average Bonchev–Trinajstić information content (AvgIpc) is 2.74. The van der Waals surface area contributed by atoms with Gasteiger partial charge in [0.2, 0.25) is 0 Å². The van der Waals surface area contributed by atoms with E-state index >= 15 is 0 Å². The van der Waals surface area contributed by atoms with Crippen molar-refractivity contribution >= 4 is 12.4 Å². The van der Waals surface area contributed by atoms with Crippen molar-refractivity contribution in [1.82, 2.24) is 4.90 Å². The number of hydrogen-bond donors (Lipinski definition) is 2. The van der Waals surface area contributed by atoms with Crippen LogP contribution in [0.4, 0.5) is 0 Å². The topological polar surface area (TPSA) is 52.9 Å². The smallest absolute Gasteiger partial charge is 0.164 e. The van der Waals surface area contributed by atoms with E-state index in [4.69, 9.17) is 4.74 Å². The SMILES string of the molecule is CCCCCC/C=C/CCCCCCCCCc1c(O)c(OC)cc(O)c1CN(C)C.Cl. The van der Waals surface area contributed by atoms with Gasteiger partial charge in [0.25, 0.3) is 0 Å². The minimum absolute atomic E-state index is 0. The second-order valence-electron chi connectivity index (χ2n) is 8.98. The highest BCUT2D eigenvalue weighted by Gasteiger charge is 2.18. The van der Waals surface area contributed by atoms with Crippen LogP contribution in [0.15, 0.2) is 18.2 Å². The molecule has 0 saturated carbocycles. The first kappa shape index (κ1) is 30.6. The van der Waals surface area contributed by atoms with E-state index in [1.165, 1.54) is 83.8 Å². The number of hydrogen-bond acceptors (Lipinski definition) is 4. The predicted octanol–water partition coefficient (Wildman–Crippen LogP) is 7.78. The molecule has 0 aromatic heterocycles. The van der Waals surface area contributed by atoms with Gasteiger partial charge in [0.15, 0.2) is 11.5 Å². The monoisotopic (exact) mass is 469 g/mol. The summed E-state index contributed by atoms with van der Waals surface area (Å²) in [5.41, 5.74) is 1.63. The van der Waals surface area contributed by atoms with Crippen LogP contribution in [-0.4, -0.2) is 36.3 Å². The zero-order valence-corrected chi connectivity index (χ0v) is 21.8. The molecule has 186 valence electrons. The molecule has 1 aromatic carbocycles. The molecule has 0 unspecified atom stereocenters. The Morgan fingerprint density at radius 3 is 1.88 bits per heavy atom. The maximum absolute atomic E-state index is 10.6. The predicted molar refractivity (Wildman–Crippen MR) is 140 cm³/mol.